The van der Waals surface area contributed by atoms with E-state index in [1.807, 2.05) is 41.4 Å². The molecule has 1 aliphatic carbocycles. The van der Waals surface area contributed by atoms with E-state index >= 15 is 0 Å². The fourth-order valence-electron chi connectivity index (χ4n) is 3.47. The van der Waals surface area contributed by atoms with Gasteiger partial charge < -0.3 is 4.90 Å². The van der Waals surface area contributed by atoms with Crippen molar-refractivity contribution < 1.29 is 4.79 Å². The van der Waals surface area contributed by atoms with Gasteiger partial charge in [0.05, 0.1) is 23.2 Å². The lowest BCUT2D eigenvalue weighted by Gasteiger charge is -2.29. The zero-order valence-corrected chi connectivity index (χ0v) is 17.0. The normalized spacial score (nSPS) is 14.6. The Hall–Kier alpha value is -2.60. The number of hydrogen-bond donors (Lipinski definition) is 0. The van der Waals surface area contributed by atoms with Crippen LogP contribution in [-0.4, -0.2) is 37.1 Å². The lowest BCUT2D eigenvalue weighted by atomic mass is 10.1. The molecule has 0 radical (unpaired) electrons. The summed E-state index contributed by atoms with van der Waals surface area (Å²) in [4.78, 5) is 24.0. The number of benzene rings is 1. The van der Waals surface area contributed by atoms with E-state index < -0.39 is 0 Å². The molecule has 1 aromatic carbocycles. The first-order valence-corrected chi connectivity index (χ1v) is 10.6. The average molecular weight is 393 g/mol. The van der Waals surface area contributed by atoms with Gasteiger partial charge in [-0.1, -0.05) is 36.0 Å². The van der Waals surface area contributed by atoms with Crippen molar-refractivity contribution >= 4 is 17.7 Å². The lowest BCUT2D eigenvalue weighted by molar-refractivity contribution is -0.131. The Kier molecular flexibility index (Phi) is 5.48. The van der Waals surface area contributed by atoms with Crippen molar-refractivity contribution in [1.82, 2.24) is 19.4 Å². The van der Waals surface area contributed by atoms with Crippen molar-refractivity contribution in [2.75, 3.05) is 5.75 Å². The highest BCUT2D eigenvalue weighted by molar-refractivity contribution is 7.99. The first kappa shape index (κ1) is 18.7. The van der Waals surface area contributed by atoms with Crippen LogP contribution in [0.25, 0.3) is 5.69 Å². The highest BCUT2D eigenvalue weighted by Gasteiger charge is 2.36. The maximum atomic E-state index is 13.1. The monoisotopic (exact) mass is 392 g/mol. The van der Waals surface area contributed by atoms with E-state index in [9.17, 15) is 4.79 Å². The van der Waals surface area contributed by atoms with Gasteiger partial charge in [-0.25, -0.2) is 4.98 Å². The summed E-state index contributed by atoms with van der Waals surface area (Å²) < 4.78 is 2.05. The minimum atomic E-state index is -0.0158. The fraction of sp³-hybridized carbons (Fsp3) is 0.318. The van der Waals surface area contributed by atoms with E-state index in [1.165, 1.54) is 17.3 Å². The predicted molar refractivity (Wildman–Crippen MR) is 112 cm³/mol. The van der Waals surface area contributed by atoms with Crippen molar-refractivity contribution in [1.29, 1.82) is 0 Å². The second-order valence-corrected chi connectivity index (χ2v) is 8.06. The molecule has 0 bridgehead atoms. The topological polar surface area (TPSA) is 51.0 Å². The van der Waals surface area contributed by atoms with Gasteiger partial charge in [0.15, 0.2) is 5.16 Å². The third-order valence-corrected chi connectivity index (χ3v) is 6.02. The summed E-state index contributed by atoms with van der Waals surface area (Å²) in [5.74, 6) is 0.515. The maximum absolute atomic E-state index is 13.1. The highest BCUT2D eigenvalue weighted by atomic mass is 32.2. The standard InChI is InChI=1S/C22H24N4OS/c1-16-7-3-4-9-20(16)25-14-13-24-22(25)28-15-21(27)26(18-10-11-18)17(2)19-8-5-6-12-23-19/h3-9,12-14,17-18H,10-11,15H2,1-2H3. The van der Waals surface area contributed by atoms with Gasteiger partial charge in [0.25, 0.3) is 0 Å². The molecule has 2 heterocycles. The summed E-state index contributed by atoms with van der Waals surface area (Å²) >= 11 is 1.49. The zero-order chi connectivity index (χ0) is 19.5. The Balaban J connectivity index is 1.48. The summed E-state index contributed by atoms with van der Waals surface area (Å²) in [5.41, 5.74) is 3.21. The largest absolute Gasteiger partial charge is 0.331 e. The molecule has 0 N–H and O–H groups in total. The number of amides is 1. The molecule has 144 valence electrons. The number of aromatic nitrogens is 3. The van der Waals surface area contributed by atoms with Crippen molar-refractivity contribution in [3.63, 3.8) is 0 Å². The predicted octanol–water partition coefficient (Wildman–Crippen LogP) is 4.42. The highest BCUT2D eigenvalue weighted by Crippen LogP contribution is 2.35. The SMILES string of the molecule is Cc1ccccc1-n1ccnc1SCC(=O)N(C1CC1)C(C)c1ccccn1. The van der Waals surface area contributed by atoms with Gasteiger partial charge >= 0.3 is 0 Å². The molecular formula is C22H24N4OS. The van der Waals surface area contributed by atoms with Gasteiger partial charge in [0.1, 0.15) is 0 Å². The van der Waals surface area contributed by atoms with Crippen LogP contribution in [-0.2, 0) is 4.79 Å². The van der Waals surface area contributed by atoms with Gasteiger partial charge in [-0.2, -0.15) is 0 Å². The molecule has 4 rings (SSSR count). The van der Waals surface area contributed by atoms with Gasteiger partial charge in [0.2, 0.25) is 5.91 Å². The molecule has 1 saturated carbocycles. The summed E-state index contributed by atoms with van der Waals surface area (Å²) in [6.07, 6.45) is 7.67. The summed E-state index contributed by atoms with van der Waals surface area (Å²) in [6, 6.07) is 14.4. The number of rotatable bonds is 7. The van der Waals surface area contributed by atoms with Crippen molar-refractivity contribution in [2.24, 2.45) is 0 Å². The molecule has 28 heavy (non-hydrogen) atoms. The van der Waals surface area contributed by atoms with Gasteiger partial charge in [-0.15, -0.1) is 0 Å². The second kappa shape index (κ2) is 8.19. The summed E-state index contributed by atoms with van der Waals surface area (Å²) in [5, 5.41) is 0.837. The van der Waals surface area contributed by atoms with Crippen LogP contribution in [0, 0.1) is 6.92 Å². The maximum Gasteiger partial charge on any atom is 0.233 e. The fourth-order valence-corrected chi connectivity index (χ4v) is 4.30. The van der Waals surface area contributed by atoms with Crippen LogP contribution >= 0.6 is 11.8 Å². The Morgan fingerprint density at radius 2 is 1.96 bits per heavy atom. The minimum absolute atomic E-state index is 0.0158. The van der Waals surface area contributed by atoms with E-state index in [1.54, 1.807) is 12.4 Å². The lowest BCUT2D eigenvalue weighted by Crippen LogP contribution is -2.37. The van der Waals surface area contributed by atoms with Crippen LogP contribution in [0.1, 0.15) is 37.1 Å². The van der Waals surface area contributed by atoms with Crippen LogP contribution < -0.4 is 0 Å². The van der Waals surface area contributed by atoms with Gasteiger partial charge in [-0.3, -0.25) is 14.3 Å². The number of hydrogen-bond acceptors (Lipinski definition) is 4. The van der Waals surface area contributed by atoms with E-state index in [0.29, 0.717) is 11.8 Å². The first-order chi connectivity index (χ1) is 13.6. The molecule has 1 fully saturated rings. The van der Waals surface area contributed by atoms with Crippen LogP contribution in [0.4, 0.5) is 0 Å². The molecular weight excluding hydrogens is 368 g/mol. The van der Waals surface area contributed by atoms with Crippen molar-refractivity contribution in [2.45, 2.75) is 43.9 Å². The molecule has 0 aliphatic heterocycles. The van der Waals surface area contributed by atoms with Crippen molar-refractivity contribution in [3.8, 4) is 5.69 Å². The van der Waals surface area contributed by atoms with Crippen LogP contribution in [0.3, 0.4) is 0 Å². The number of carbonyl (C=O) groups excluding carboxylic acids is 1. The first-order valence-electron chi connectivity index (χ1n) is 9.59. The van der Waals surface area contributed by atoms with Crippen LogP contribution in [0.2, 0.25) is 0 Å². The zero-order valence-electron chi connectivity index (χ0n) is 16.2. The average Bonchev–Trinajstić information content (AvgIpc) is 3.44. The number of para-hydroxylation sites is 1. The number of nitrogens with zero attached hydrogens (tertiary/aromatic N) is 4. The van der Waals surface area contributed by atoms with E-state index in [-0.39, 0.29) is 11.9 Å². The molecule has 1 atom stereocenters. The molecule has 1 unspecified atom stereocenters. The smallest absolute Gasteiger partial charge is 0.233 e. The van der Waals surface area contributed by atoms with Crippen LogP contribution in [0.5, 0.6) is 0 Å². The van der Waals surface area contributed by atoms with Gasteiger partial charge in [0, 0.05) is 24.6 Å². The molecule has 0 saturated heterocycles. The summed E-state index contributed by atoms with van der Waals surface area (Å²) in [6.45, 7) is 4.15. The molecule has 0 spiro atoms. The molecule has 1 amide bonds. The van der Waals surface area contributed by atoms with E-state index in [0.717, 1.165) is 29.4 Å². The number of thioether (sulfide) groups is 1. The second-order valence-electron chi connectivity index (χ2n) is 7.12. The summed E-state index contributed by atoms with van der Waals surface area (Å²) in [7, 11) is 0. The Bertz CT molecular complexity index is 952. The number of carbonyl (C=O) groups is 1. The van der Waals surface area contributed by atoms with Crippen LogP contribution in [0.15, 0.2) is 66.2 Å². The third-order valence-electron chi connectivity index (χ3n) is 5.07. The van der Waals surface area contributed by atoms with E-state index in [4.69, 9.17) is 0 Å². The molecule has 2 aromatic heterocycles. The molecule has 1 aliphatic rings. The van der Waals surface area contributed by atoms with E-state index in [2.05, 4.69) is 40.5 Å². The minimum Gasteiger partial charge on any atom is -0.331 e. The van der Waals surface area contributed by atoms with Crippen molar-refractivity contribution in [3.05, 3.63) is 72.3 Å². The van der Waals surface area contributed by atoms with Gasteiger partial charge in [-0.05, 0) is 50.5 Å². The Labute approximate surface area is 169 Å². The number of imidazole rings is 1. The Morgan fingerprint density at radius 1 is 1.18 bits per heavy atom. The number of pyridine rings is 1. The molecule has 6 heteroatoms. The number of aryl methyl sites for hydroxylation is 1. The molecule has 3 aromatic rings. The molecule has 5 nitrogen and oxygen atoms in total. The Morgan fingerprint density at radius 3 is 2.68 bits per heavy atom. The quantitative estimate of drug-likeness (QED) is 0.559. The third kappa shape index (κ3) is 3.97.